The second-order valence-corrected chi connectivity index (χ2v) is 8.99. The molecule has 30 heavy (non-hydrogen) atoms. The highest BCUT2D eigenvalue weighted by molar-refractivity contribution is 7.08. The first kappa shape index (κ1) is 19.2. The van der Waals surface area contributed by atoms with Gasteiger partial charge in [-0.2, -0.15) is 11.3 Å². The molecule has 7 nitrogen and oxygen atoms in total. The smallest absolute Gasteiger partial charge is 0.227 e. The van der Waals surface area contributed by atoms with Crippen molar-refractivity contribution in [2.24, 2.45) is 0 Å². The largest absolute Gasteiger partial charge is 0.356 e. The van der Waals surface area contributed by atoms with Crippen molar-refractivity contribution in [3.63, 3.8) is 0 Å². The van der Waals surface area contributed by atoms with Gasteiger partial charge in [-0.05, 0) is 55.0 Å². The zero-order chi connectivity index (χ0) is 20.5. The number of carbonyl (C=O) groups excluding carboxylic acids is 1. The van der Waals surface area contributed by atoms with E-state index in [4.69, 9.17) is 9.51 Å². The van der Waals surface area contributed by atoms with Crippen molar-refractivity contribution in [1.82, 2.24) is 20.0 Å². The van der Waals surface area contributed by atoms with E-state index < -0.39 is 0 Å². The Hall–Kier alpha value is -2.74. The minimum absolute atomic E-state index is 0.205. The van der Waals surface area contributed by atoms with Gasteiger partial charge in [0.15, 0.2) is 5.76 Å². The number of piperidine rings is 1. The van der Waals surface area contributed by atoms with Crippen LogP contribution in [0.1, 0.15) is 48.6 Å². The third kappa shape index (κ3) is 4.23. The highest BCUT2D eigenvalue weighted by atomic mass is 32.1. The lowest BCUT2D eigenvalue weighted by atomic mass is 9.90. The van der Waals surface area contributed by atoms with Crippen molar-refractivity contribution in [3.8, 4) is 11.3 Å². The lowest BCUT2D eigenvalue weighted by molar-refractivity contribution is -0.131. The maximum absolute atomic E-state index is 12.7. The Kier molecular flexibility index (Phi) is 5.25. The van der Waals surface area contributed by atoms with Gasteiger partial charge in [0.05, 0.1) is 23.4 Å². The average Bonchev–Trinajstić information content (AvgIpc) is 3.22. The topological polar surface area (TPSA) is 84.2 Å². The Labute approximate surface area is 179 Å². The van der Waals surface area contributed by atoms with Crippen LogP contribution >= 0.6 is 11.3 Å². The normalized spacial score (nSPS) is 17.3. The molecule has 2 aliphatic rings. The number of thiophene rings is 1. The van der Waals surface area contributed by atoms with Crippen LogP contribution < -0.4 is 5.32 Å². The molecule has 0 aromatic carbocycles. The van der Waals surface area contributed by atoms with Crippen molar-refractivity contribution in [1.29, 1.82) is 0 Å². The Morgan fingerprint density at radius 2 is 2.13 bits per heavy atom. The van der Waals surface area contributed by atoms with E-state index in [1.54, 1.807) is 11.3 Å². The van der Waals surface area contributed by atoms with Crippen LogP contribution in [0, 0.1) is 6.92 Å². The number of nitrogens with zero attached hydrogens (tertiary/aromatic N) is 4. The summed E-state index contributed by atoms with van der Waals surface area (Å²) in [6.45, 7) is 3.41. The lowest BCUT2D eigenvalue weighted by Gasteiger charge is -2.32. The van der Waals surface area contributed by atoms with Crippen LogP contribution in [0.25, 0.3) is 11.3 Å². The summed E-state index contributed by atoms with van der Waals surface area (Å²) < 4.78 is 5.52. The molecule has 1 amide bonds. The van der Waals surface area contributed by atoms with Crippen molar-refractivity contribution < 1.29 is 9.32 Å². The van der Waals surface area contributed by atoms with E-state index in [0.29, 0.717) is 24.2 Å². The number of hydrogen-bond donors (Lipinski definition) is 1. The second kappa shape index (κ2) is 8.18. The fraction of sp³-hybridized carbons (Fsp3) is 0.455. The minimum Gasteiger partial charge on any atom is -0.356 e. The minimum atomic E-state index is 0.205. The summed E-state index contributed by atoms with van der Waals surface area (Å²) >= 11 is 1.63. The molecule has 0 atom stereocenters. The van der Waals surface area contributed by atoms with Gasteiger partial charge in [-0.1, -0.05) is 5.16 Å². The molecular weight excluding hydrogens is 398 g/mol. The zero-order valence-electron chi connectivity index (χ0n) is 17.0. The van der Waals surface area contributed by atoms with Gasteiger partial charge < -0.3 is 14.7 Å². The van der Waals surface area contributed by atoms with E-state index in [1.165, 1.54) is 12.8 Å². The molecule has 1 N–H and O–H groups in total. The lowest BCUT2D eigenvalue weighted by Crippen LogP contribution is -2.39. The van der Waals surface area contributed by atoms with Crippen LogP contribution in [0.5, 0.6) is 0 Å². The number of anilines is 1. The number of nitrogens with one attached hydrogen (secondary N) is 1. The van der Waals surface area contributed by atoms with Gasteiger partial charge in [0, 0.05) is 37.3 Å². The van der Waals surface area contributed by atoms with Gasteiger partial charge >= 0.3 is 0 Å². The molecule has 0 bridgehead atoms. The maximum Gasteiger partial charge on any atom is 0.227 e. The molecule has 3 aromatic heterocycles. The van der Waals surface area contributed by atoms with Crippen molar-refractivity contribution in [2.45, 2.75) is 51.0 Å². The number of carbonyl (C=O) groups is 1. The van der Waals surface area contributed by atoms with E-state index in [-0.39, 0.29) is 11.8 Å². The molecule has 2 fully saturated rings. The van der Waals surface area contributed by atoms with Crippen molar-refractivity contribution in [2.75, 3.05) is 18.4 Å². The van der Waals surface area contributed by atoms with Crippen LogP contribution in [0.15, 0.2) is 33.6 Å². The Bertz CT molecular complexity index is 1020. The first-order chi connectivity index (χ1) is 14.7. The van der Waals surface area contributed by atoms with Crippen LogP contribution in [-0.4, -0.2) is 45.1 Å². The number of hydrogen-bond acceptors (Lipinski definition) is 7. The van der Waals surface area contributed by atoms with Gasteiger partial charge in [0.2, 0.25) is 11.9 Å². The Balaban J connectivity index is 1.33. The fourth-order valence-corrected chi connectivity index (χ4v) is 4.62. The van der Waals surface area contributed by atoms with Crippen LogP contribution in [0.2, 0.25) is 0 Å². The summed E-state index contributed by atoms with van der Waals surface area (Å²) in [6, 6.07) is 4.44. The molecule has 5 rings (SSSR count). The molecule has 0 spiro atoms. The fourth-order valence-electron chi connectivity index (χ4n) is 3.95. The highest BCUT2D eigenvalue weighted by Crippen LogP contribution is 2.35. The van der Waals surface area contributed by atoms with E-state index in [1.807, 2.05) is 40.9 Å². The van der Waals surface area contributed by atoms with Gasteiger partial charge in [-0.3, -0.25) is 4.79 Å². The van der Waals surface area contributed by atoms with Crippen molar-refractivity contribution >= 4 is 23.2 Å². The number of aromatic nitrogens is 3. The van der Waals surface area contributed by atoms with E-state index in [9.17, 15) is 4.79 Å². The summed E-state index contributed by atoms with van der Waals surface area (Å²) in [7, 11) is 0. The van der Waals surface area contributed by atoms with Crippen LogP contribution in [0.4, 0.5) is 5.95 Å². The summed E-state index contributed by atoms with van der Waals surface area (Å²) in [5.74, 6) is 1.86. The van der Waals surface area contributed by atoms with Crippen molar-refractivity contribution in [3.05, 3.63) is 46.0 Å². The van der Waals surface area contributed by atoms with Gasteiger partial charge in [-0.15, -0.1) is 0 Å². The monoisotopic (exact) mass is 423 g/mol. The molecule has 156 valence electrons. The van der Waals surface area contributed by atoms with E-state index >= 15 is 0 Å². The predicted molar refractivity (Wildman–Crippen MR) is 115 cm³/mol. The highest BCUT2D eigenvalue weighted by Gasteiger charge is 2.29. The first-order valence-electron chi connectivity index (χ1n) is 10.5. The molecule has 1 aliphatic carbocycles. The summed E-state index contributed by atoms with van der Waals surface area (Å²) in [5.41, 5.74) is 3.83. The van der Waals surface area contributed by atoms with Gasteiger partial charge in [0.1, 0.15) is 0 Å². The Morgan fingerprint density at radius 3 is 2.80 bits per heavy atom. The quantitative estimate of drug-likeness (QED) is 0.645. The molecular formula is C22H25N5O2S. The molecule has 4 heterocycles. The molecule has 1 saturated carbocycles. The standard InChI is InChI=1S/C22H25N5O2S/c1-14-10-19(29-26-14)18-12-23-22(24-17-2-3-17)25-21(18)16-4-7-27(8-5-16)20(28)11-15-6-9-30-13-15/h6,9-10,12-13,16-17H,2-5,7-8,11H2,1H3,(H,23,24,25). The van der Waals surface area contributed by atoms with Gasteiger partial charge in [0.25, 0.3) is 0 Å². The number of likely N-dealkylation sites (tertiary alicyclic amines) is 1. The molecule has 0 radical (unpaired) electrons. The number of rotatable bonds is 6. The number of aryl methyl sites for hydroxylation is 1. The number of amides is 1. The molecule has 3 aromatic rings. The second-order valence-electron chi connectivity index (χ2n) is 8.21. The first-order valence-corrected chi connectivity index (χ1v) is 11.5. The van der Waals surface area contributed by atoms with E-state index in [2.05, 4.69) is 15.5 Å². The molecule has 0 unspecified atom stereocenters. The molecule has 8 heteroatoms. The van der Waals surface area contributed by atoms with E-state index in [0.717, 1.165) is 48.4 Å². The zero-order valence-corrected chi connectivity index (χ0v) is 17.8. The third-order valence-electron chi connectivity index (χ3n) is 5.79. The summed E-state index contributed by atoms with van der Waals surface area (Å²) in [4.78, 5) is 24.0. The average molecular weight is 424 g/mol. The SMILES string of the molecule is Cc1cc(-c2cnc(NC3CC3)nc2C2CCN(C(=O)Cc3ccsc3)CC2)on1. The third-order valence-corrected chi connectivity index (χ3v) is 6.52. The maximum atomic E-state index is 12.7. The van der Waals surface area contributed by atoms with Gasteiger partial charge in [-0.25, -0.2) is 9.97 Å². The summed E-state index contributed by atoms with van der Waals surface area (Å²) in [6.07, 6.45) is 6.45. The summed E-state index contributed by atoms with van der Waals surface area (Å²) in [5, 5.41) is 11.5. The predicted octanol–water partition coefficient (Wildman–Crippen LogP) is 4.02. The molecule has 1 aliphatic heterocycles. The van der Waals surface area contributed by atoms with Crippen LogP contribution in [-0.2, 0) is 11.2 Å². The Morgan fingerprint density at radius 1 is 1.30 bits per heavy atom. The molecule has 1 saturated heterocycles. The van der Waals surface area contributed by atoms with Crippen LogP contribution in [0.3, 0.4) is 0 Å².